The van der Waals surface area contributed by atoms with Gasteiger partial charge in [-0.25, -0.2) is 0 Å². The van der Waals surface area contributed by atoms with E-state index in [9.17, 15) is 9.67 Å². The minimum atomic E-state index is -3.49. The van der Waals surface area contributed by atoms with Crippen LogP contribution in [0.1, 0.15) is 17.2 Å². The zero-order chi connectivity index (χ0) is 16.0. The highest BCUT2D eigenvalue weighted by atomic mass is 31.2. The lowest BCUT2D eigenvalue weighted by Crippen LogP contribution is -1.98. The number of aliphatic hydroxyl groups is 1. The molecule has 116 valence electrons. The predicted molar refractivity (Wildman–Crippen MR) is 87.4 cm³/mol. The van der Waals surface area contributed by atoms with E-state index >= 15 is 0 Å². The molecule has 2 rings (SSSR count). The van der Waals surface area contributed by atoms with Crippen molar-refractivity contribution < 1.29 is 18.7 Å². The van der Waals surface area contributed by atoms with Gasteiger partial charge in [0.1, 0.15) is 0 Å². The van der Waals surface area contributed by atoms with Crippen LogP contribution in [0.15, 0.2) is 66.7 Å². The molecule has 0 aromatic heterocycles. The lowest BCUT2D eigenvalue weighted by atomic mass is 10.1. The quantitative estimate of drug-likeness (QED) is 0.809. The van der Waals surface area contributed by atoms with Crippen LogP contribution in [-0.4, -0.2) is 19.3 Å². The molecule has 0 amide bonds. The minimum absolute atomic E-state index is 0.342. The van der Waals surface area contributed by atoms with Crippen molar-refractivity contribution in [3.05, 3.63) is 77.9 Å². The molecule has 0 aliphatic heterocycles. The molecular formula is C17H19O4P. The van der Waals surface area contributed by atoms with E-state index in [1.165, 1.54) is 20.3 Å². The van der Waals surface area contributed by atoms with E-state index in [2.05, 4.69) is 0 Å². The van der Waals surface area contributed by atoms with Crippen LogP contribution in [-0.2, 0) is 13.6 Å². The summed E-state index contributed by atoms with van der Waals surface area (Å²) >= 11 is 0. The van der Waals surface area contributed by atoms with Crippen LogP contribution in [0.2, 0.25) is 0 Å². The Morgan fingerprint density at radius 1 is 1.00 bits per heavy atom. The topological polar surface area (TPSA) is 55.8 Å². The Hall–Kier alpha value is -1.71. The van der Waals surface area contributed by atoms with Gasteiger partial charge in [0, 0.05) is 14.2 Å². The Balaban J connectivity index is 2.49. The van der Waals surface area contributed by atoms with Gasteiger partial charge in [0.05, 0.1) is 11.4 Å². The van der Waals surface area contributed by atoms with E-state index in [4.69, 9.17) is 9.05 Å². The van der Waals surface area contributed by atoms with Gasteiger partial charge in [-0.3, -0.25) is 4.57 Å². The molecule has 1 unspecified atom stereocenters. The summed E-state index contributed by atoms with van der Waals surface area (Å²) in [5, 5.41) is 10.7. The van der Waals surface area contributed by atoms with Crippen molar-refractivity contribution >= 4 is 12.9 Å². The predicted octanol–water partition coefficient (Wildman–Crippen LogP) is 4.25. The summed E-state index contributed by atoms with van der Waals surface area (Å²) < 4.78 is 23.0. The molecule has 0 fully saturated rings. The third-order valence-electron chi connectivity index (χ3n) is 3.30. The van der Waals surface area contributed by atoms with Crippen LogP contribution in [0.4, 0.5) is 0 Å². The van der Waals surface area contributed by atoms with E-state index in [0.29, 0.717) is 16.4 Å². The number of hydrogen-bond acceptors (Lipinski definition) is 4. The molecule has 0 heterocycles. The first-order valence-electron chi connectivity index (χ1n) is 6.83. The van der Waals surface area contributed by atoms with Gasteiger partial charge in [0.25, 0.3) is 0 Å². The maximum atomic E-state index is 12.8. The van der Waals surface area contributed by atoms with Gasteiger partial charge in [-0.1, -0.05) is 60.7 Å². The van der Waals surface area contributed by atoms with E-state index in [-0.39, 0.29) is 0 Å². The smallest absolute Gasteiger partial charge is 0.361 e. The van der Waals surface area contributed by atoms with Gasteiger partial charge in [-0.05, 0) is 17.2 Å². The highest BCUT2D eigenvalue weighted by molar-refractivity contribution is 7.65. The maximum Gasteiger partial charge on any atom is 0.361 e. The largest absolute Gasteiger partial charge is 0.384 e. The molecule has 0 radical (unpaired) electrons. The molecule has 0 spiro atoms. The Morgan fingerprint density at radius 3 is 2.00 bits per heavy atom. The summed E-state index contributed by atoms with van der Waals surface area (Å²) in [6.45, 7) is 0. The van der Waals surface area contributed by atoms with Gasteiger partial charge in [-0.2, -0.15) is 0 Å². The molecule has 0 bridgehead atoms. The van der Waals surface area contributed by atoms with E-state index in [0.717, 1.165) is 0 Å². The van der Waals surface area contributed by atoms with E-state index < -0.39 is 13.7 Å². The zero-order valence-corrected chi connectivity index (χ0v) is 13.4. The first-order chi connectivity index (χ1) is 10.6. The molecule has 2 aromatic rings. The van der Waals surface area contributed by atoms with Gasteiger partial charge in [0.2, 0.25) is 0 Å². The Labute approximate surface area is 130 Å². The standard InChI is InChI=1S/C17H19O4P/c1-20-22(19,21-2)17(15-11-7-4-8-12-15)13-16(18)14-9-5-3-6-10-14/h3-13,16,18H,1-2H3/b17-13+. The normalized spacial score (nSPS) is 13.9. The molecular weight excluding hydrogens is 299 g/mol. The Morgan fingerprint density at radius 2 is 1.50 bits per heavy atom. The second-order valence-electron chi connectivity index (χ2n) is 4.64. The highest BCUT2D eigenvalue weighted by Gasteiger charge is 2.29. The summed E-state index contributed by atoms with van der Waals surface area (Å²) in [7, 11) is -0.828. The average Bonchev–Trinajstić information content (AvgIpc) is 2.60. The van der Waals surface area contributed by atoms with Crippen LogP contribution in [0.3, 0.4) is 0 Å². The minimum Gasteiger partial charge on any atom is -0.384 e. The van der Waals surface area contributed by atoms with E-state index in [1.54, 1.807) is 24.3 Å². The van der Waals surface area contributed by atoms with Crippen molar-refractivity contribution in [3.8, 4) is 0 Å². The van der Waals surface area contributed by atoms with Gasteiger partial charge < -0.3 is 14.2 Å². The third-order valence-corrected chi connectivity index (χ3v) is 5.26. The summed E-state index contributed by atoms with van der Waals surface area (Å²) in [5.74, 6) is 0. The van der Waals surface area contributed by atoms with Crippen LogP contribution < -0.4 is 0 Å². The number of benzene rings is 2. The fourth-order valence-electron chi connectivity index (χ4n) is 2.12. The van der Waals surface area contributed by atoms with Crippen LogP contribution in [0.25, 0.3) is 5.31 Å². The molecule has 0 saturated heterocycles. The Kier molecular flexibility index (Phi) is 5.69. The monoisotopic (exact) mass is 318 g/mol. The molecule has 1 atom stereocenters. The first-order valence-corrected chi connectivity index (χ1v) is 8.37. The molecule has 1 N–H and O–H groups in total. The van der Waals surface area contributed by atoms with Crippen LogP contribution >= 0.6 is 7.60 Å². The van der Waals surface area contributed by atoms with Crippen LogP contribution in [0, 0.1) is 0 Å². The average molecular weight is 318 g/mol. The number of rotatable bonds is 6. The maximum absolute atomic E-state index is 12.8. The zero-order valence-electron chi connectivity index (χ0n) is 12.5. The number of aliphatic hydroxyl groups excluding tert-OH is 1. The van der Waals surface area contributed by atoms with Crippen molar-refractivity contribution in [2.24, 2.45) is 0 Å². The lowest BCUT2D eigenvalue weighted by molar-refractivity contribution is 0.228. The van der Waals surface area contributed by atoms with Crippen molar-refractivity contribution in [3.63, 3.8) is 0 Å². The summed E-state index contributed by atoms with van der Waals surface area (Å²) in [4.78, 5) is 0. The number of hydrogen-bond donors (Lipinski definition) is 1. The van der Waals surface area contributed by atoms with Crippen molar-refractivity contribution in [2.75, 3.05) is 14.2 Å². The van der Waals surface area contributed by atoms with Crippen molar-refractivity contribution in [1.29, 1.82) is 0 Å². The lowest BCUT2D eigenvalue weighted by Gasteiger charge is -2.19. The second kappa shape index (κ2) is 7.52. The molecule has 0 saturated carbocycles. The van der Waals surface area contributed by atoms with Crippen LogP contribution in [0.5, 0.6) is 0 Å². The summed E-state index contributed by atoms with van der Waals surface area (Å²) in [5.41, 5.74) is 1.39. The molecule has 22 heavy (non-hydrogen) atoms. The second-order valence-corrected chi connectivity index (χ2v) is 6.84. The third kappa shape index (κ3) is 3.73. The molecule has 4 nitrogen and oxygen atoms in total. The van der Waals surface area contributed by atoms with Crippen molar-refractivity contribution in [1.82, 2.24) is 0 Å². The SMILES string of the molecule is COP(=O)(OC)/C(=C/C(O)c1ccccc1)c1ccccc1. The van der Waals surface area contributed by atoms with Gasteiger partial charge >= 0.3 is 7.60 Å². The molecule has 2 aromatic carbocycles. The van der Waals surface area contributed by atoms with Gasteiger partial charge in [0.15, 0.2) is 0 Å². The summed E-state index contributed by atoms with van der Waals surface area (Å²) in [6.07, 6.45) is 0.605. The first kappa shape index (κ1) is 16.7. The molecule has 5 heteroatoms. The van der Waals surface area contributed by atoms with Crippen molar-refractivity contribution in [2.45, 2.75) is 6.10 Å². The highest BCUT2D eigenvalue weighted by Crippen LogP contribution is 2.59. The Bertz CT molecular complexity index is 660. The van der Waals surface area contributed by atoms with Gasteiger partial charge in [-0.15, -0.1) is 0 Å². The fraction of sp³-hybridized carbons (Fsp3) is 0.176. The van der Waals surface area contributed by atoms with E-state index in [1.807, 2.05) is 36.4 Å². The summed E-state index contributed by atoms with van der Waals surface area (Å²) in [6, 6.07) is 18.3. The fourth-order valence-corrected chi connectivity index (χ4v) is 3.45. The molecule has 0 aliphatic rings. The molecule has 0 aliphatic carbocycles.